The molecular weight excluding hydrogens is 276 g/mol. The molecule has 0 heterocycles. The monoisotopic (exact) mass is 292 g/mol. The second-order valence-electron chi connectivity index (χ2n) is 4.13. The molecule has 0 saturated heterocycles. The van der Waals surface area contributed by atoms with Crippen molar-refractivity contribution in [3.63, 3.8) is 0 Å². The third-order valence-electron chi connectivity index (χ3n) is 2.50. The Hall–Kier alpha value is -2.83. The topological polar surface area (TPSA) is 119 Å². The minimum absolute atomic E-state index is 0.162. The molecule has 1 aromatic rings. The molecule has 1 atom stereocenters. The fraction of sp³-hybridized carbons (Fsp3) is 0.214. The van der Waals surface area contributed by atoms with Crippen molar-refractivity contribution in [2.24, 2.45) is 5.73 Å². The Morgan fingerprint density at radius 1 is 1.38 bits per heavy atom. The zero-order valence-corrected chi connectivity index (χ0v) is 11.2. The van der Waals surface area contributed by atoms with Gasteiger partial charge in [0.15, 0.2) is 0 Å². The highest BCUT2D eigenvalue weighted by Crippen LogP contribution is 2.18. The number of hydrogen-bond donors (Lipinski definition) is 3. The summed E-state index contributed by atoms with van der Waals surface area (Å²) in [5.74, 6) is -2.54. The highest BCUT2D eigenvalue weighted by molar-refractivity contribution is 5.99. The van der Waals surface area contributed by atoms with Crippen LogP contribution in [0.25, 0.3) is 0 Å². The number of carboxylic acid groups (broad SMARTS) is 1. The van der Waals surface area contributed by atoms with E-state index in [-0.39, 0.29) is 17.9 Å². The van der Waals surface area contributed by atoms with E-state index in [1.807, 2.05) is 0 Å². The SMILES string of the molecule is C=CCOc1ccccc1C(=O)N[C@@H](CC(N)=O)C(=O)O. The number of amides is 2. The van der Waals surface area contributed by atoms with Crippen LogP contribution >= 0.6 is 0 Å². The Kier molecular flexibility index (Phi) is 5.94. The van der Waals surface area contributed by atoms with E-state index >= 15 is 0 Å². The van der Waals surface area contributed by atoms with Crippen molar-refractivity contribution in [2.45, 2.75) is 12.5 Å². The molecule has 4 N–H and O–H groups in total. The van der Waals surface area contributed by atoms with Crippen LogP contribution < -0.4 is 15.8 Å². The number of benzene rings is 1. The molecule has 112 valence electrons. The fourth-order valence-electron chi connectivity index (χ4n) is 1.57. The average molecular weight is 292 g/mol. The molecule has 0 aromatic heterocycles. The van der Waals surface area contributed by atoms with Gasteiger partial charge in [0.05, 0.1) is 12.0 Å². The van der Waals surface area contributed by atoms with Gasteiger partial charge < -0.3 is 20.9 Å². The summed E-state index contributed by atoms with van der Waals surface area (Å²) < 4.78 is 5.31. The summed E-state index contributed by atoms with van der Waals surface area (Å²) in [5.41, 5.74) is 5.11. The lowest BCUT2D eigenvalue weighted by Crippen LogP contribution is -2.43. The van der Waals surface area contributed by atoms with Crippen molar-refractivity contribution in [1.29, 1.82) is 0 Å². The number of carbonyl (C=O) groups excluding carboxylic acids is 2. The van der Waals surface area contributed by atoms with Crippen LogP contribution in [0.15, 0.2) is 36.9 Å². The van der Waals surface area contributed by atoms with Gasteiger partial charge >= 0.3 is 5.97 Å². The van der Waals surface area contributed by atoms with Gasteiger partial charge in [-0.05, 0) is 12.1 Å². The first-order valence-corrected chi connectivity index (χ1v) is 6.10. The van der Waals surface area contributed by atoms with Crippen molar-refractivity contribution in [1.82, 2.24) is 5.32 Å². The van der Waals surface area contributed by atoms with E-state index in [0.717, 1.165) is 0 Å². The second kappa shape index (κ2) is 7.68. The molecule has 0 saturated carbocycles. The molecule has 0 radical (unpaired) electrons. The van der Waals surface area contributed by atoms with Gasteiger partial charge in [0, 0.05) is 0 Å². The number of aliphatic carboxylic acids is 1. The van der Waals surface area contributed by atoms with Gasteiger partial charge in [-0.25, -0.2) is 4.79 Å². The molecule has 0 aliphatic carbocycles. The number of ether oxygens (including phenoxy) is 1. The van der Waals surface area contributed by atoms with Gasteiger partial charge in [-0.1, -0.05) is 24.8 Å². The predicted octanol–water partition coefficient (Wildman–Crippen LogP) is 0.310. The third kappa shape index (κ3) is 4.98. The maximum atomic E-state index is 12.1. The summed E-state index contributed by atoms with van der Waals surface area (Å²) in [6.45, 7) is 3.70. The fourth-order valence-corrected chi connectivity index (χ4v) is 1.57. The number of carbonyl (C=O) groups is 3. The number of hydrogen-bond acceptors (Lipinski definition) is 4. The Labute approximate surface area is 121 Å². The number of carboxylic acids is 1. The number of nitrogens with one attached hydrogen (secondary N) is 1. The molecule has 1 aromatic carbocycles. The summed E-state index contributed by atoms with van der Waals surface area (Å²) >= 11 is 0. The van der Waals surface area contributed by atoms with Crippen LogP contribution in [0, 0.1) is 0 Å². The normalized spacial score (nSPS) is 11.2. The largest absolute Gasteiger partial charge is 0.489 e. The van der Waals surface area contributed by atoms with Gasteiger partial charge in [0.25, 0.3) is 5.91 Å². The Bertz CT molecular complexity index is 556. The van der Waals surface area contributed by atoms with E-state index in [1.54, 1.807) is 18.2 Å². The van der Waals surface area contributed by atoms with Crippen LogP contribution in [0.3, 0.4) is 0 Å². The van der Waals surface area contributed by atoms with Crippen LogP contribution in [0.2, 0.25) is 0 Å². The predicted molar refractivity (Wildman–Crippen MR) is 74.8 cm³/mol. The van der Waals surface area contributed by atoms with Crippen molar-refractivity contribution in [2.75, 3.05) is 6.61 Å². The lowest BCUT2D eigenvalue weighted by molar-refractivity contribution is -0.140. The highest BCUT2D eigenvalue weighted by Gasteiger charge is 2.24. The average Bonchev–Trinajstić information content (AvgIpc) is 2.44. The number of primary amides is 1. The highest BCUT2D eigenvalue weighted by atomic mass is 16.5. The van der Waals surface area contributed by atoms with Crippen molar-refractivity contribution in [3.8, 4) is 5.75 Å². The van der Waals surface area contributed by atoms with Crippen molar-refractivity contribution >= 4 is 17.8 Å². The van der Waals surface area contributed by atoms with E-state index in [2.05, 4.69) is 11.9 Å². The van der Waals surface area contributed by atoms with Crippen LogP contribution in [0.4, 0.5) is 0 Å². The van der Waals surface area contributed by atoms with E-state index in [0.29, 0.717) is 0 Å². The van der Waals surface area contributed by atoms with E-state index in [1.165, 1.54) is 12.1 Å². The van der Waals surface area contributed by atoms with Crippen LogP contribution in [0.5, 0.6) is 5.75 Å². The van der Waals surface area contributed by atoms with Crippen molar-refractivity contribution in [3.05, 3.63) is 42.5 Å². The van der Waals surface area contributed by atoms with Crippen LogP contribution in [-0.2, 0) is 9.59 Å². The number of rotatable bonds is 8. The Morgan fingerprint density at radius 2 is 2.05 bits per heavy atom. The molecule has 0 unspecified atom stereocenters. The lowest BCUT2D eigenvalue weighted by atomic mass is 10.1. The first-order valence-electron chi connectivity index (χ1n) is 6.10. The van der Waals surface area contributed by atoms with E-state index in [9.17, 15) is 14.4 Å². The minimum atomic E-state index is -1.39. The molecule has 0 bridgehead atoms. The Morgan fingerprint density at radius 3 is 2.62 bits per heavy atom. The summed E-state index contributed by atoms with van der Waals surface area (Å²) in [5, 5.41) is 11.2. The maximum absolute atomic E-state index is 12.1. The Balaban J connectivity index is 2.89. The molecule has 7 heteroatoms. The molecule has 0 spiro atoms. The zero-order chi connectivity index (χ0) is 15.8. The standard InChI is InChI=1S/C14H16N2O5/c1-2-7-21-11-6-4-3-5-9(11)13(18)16-10(14(19)20)8-12(15)17/h2-6,10H,1,7-8H2,(H2,15,17)(H,16,18)(H,19,20)/t10-/m0/s1. The van der Waals surface area contributed by atoms with Gasteiger partial charge in [-0.15, -0.1) is 0 Å². The van der Waals surface area contributed by atoms with Gasteiger partial charge in [0.2, 0.25) is 5.91 Å². The molecule has 0 aliphatic heterocycles. The molecule has 1 rings (SSSR count). The molecule has 21 heavy (non-hydrogen) atoms. The summed E-state index contributed by atoms with van der Waals surface area (Å²) in [4.78, 5) is 33.9. The maximum Gasteiger partial charge on any atom is 0.326 e. The number of para-hydroxylation sites is 1. The summed E-state index contributed by atoms with van der Waals surface area (Å²) in [6, 6.07) is 4.95. The zero-order valence-electron chi connectivity index (χ0n) is 11.2. The molecule has 0 fully saturated rings. The molecule has 0 aliphatic rings. The van der Waals surface area contributed by atoms with Gasteiger partial charge in [-0.2, -0.15) is 0 Å². The van der Waals surface area contributed by atoms with Crippen LogP contribution in [-0.4, -0.2) is 35.5 Å². The van der Waals surface area contributed by atoms with Crippen molar-refractivity contribution < 1.29 is 24.2 Å². The molecule has 2 amide bonds. The first-order chi connectivity index (χ1) is 9.95. The second-order valence-corrected chi connectivity index (χ2v) is 4.13. The minimum Gasteiger partial charge on any atom is -0.489 e. The van der Waals surface area contributed by atoms with E-state index < -0.39 is 30.2 Å². The van der Waals surface area contributed by atoms with Gasteiger partial charge in [0.1, 0.15) is 18.4 Å². The summed E-state index contributed by atoms with van der Waals surface area (Å²) in [6.07, 6.45) is 1.03. The smallest absolute Gasteiger partial charge is 0.326 e. The quantitative estimate of drug-likeness (QED) is 0.596. The number of nitrogens with two attached hydrogens (primary N) is 1. The van der Waals surface area contributed by atoms with Crippen LogP contribution in [0.1, 0.15) is 16.8 Å². The molecule has 7 nitrogen and oxygen atoms in total. The van der Waals surface area contributed by atoms with E-state index in [4.69, 9.17) is 15.6 Å². The first kappa shape index (κ1) is 16.2. The molecular formula is C14H16N2O5. The summed E-state index contributed by atoms with van der Waals surface area (Å²) in [7, 11) is 0. The third-order valence-corrected chi connectivity index (χ3v) is 2.50. The van der Waals surface area contributed by atoms with Gasteiger partial charge in [-0.3, -0.25) is 9.59 Å². The lowest BCUT2D eigenvalue weighted by Gasteiger charge is -2.14.